The van der Waals surface area contributed by atoms with Crippen LogP contribution in [0.15, 0.2) is 0 Å². The number of carbonyl (C=O) groups excluding carboxylic acids is 1. The number of amides is 2. The zero-order valence-corrected chi connectivity index (χ0v) is 13.3. The van der Waals surface area contributed by atoms with Crippen LogP contribution in [0.4, 0.5) is 4.79 Å². The molecule has 2 fully saturated rings. The van der Waals surface area contributed by atoms with Gasteiger partial charge in [-0.1, -0.05) is 6.92 Å². The van der Waals surface area contributed by atoms with E-state index in [0.29, 0.717) is 32.7 Å². The first-order valence-corrected chi connectivity index (χ1v) is 7.87. The van der Waals surface area contributed by atoms with E-state index in [9.17, 15) is 9.59 Å². The number of rotatable bonds is 4. The summed E-state index contributed by atoms with van der Waals surface area (Å²) in [7, 11) is 1.65. The van der Waals surface area contributed by atoms with Gasteiger partial charge in [0.05, 0.1) is 18.6 Å². The fourth-order valence-electron chi connectivity index (χ4n) is 3.28. The molecule has 2 aliphatic rings. The van der Waals surface area contributed by atoms with Gasteiger partial charge in [-0.15, -0.1) is 0 Å². The Hall–Kier alpha value is -1.34. The summed E-state index contributed by atoms with van der Waals surface area (Å²) < 4.78 is 10.7. The molecule has 0 aromatic heterocycles. The molecule has 0 aromatic rings. The van der Waals surface area contributed by atoms with Crippen molar-refractivity contribution in [3.63, 3.8) is 0 Å². The highest BCUT2D eigenvalue weighted by atomic mass is 16.5. The Balaban J connectivity index is 1.84. The first-order chi connectivity index (χ1) is 10.5. The minimum absolute atomic E-state index is 0.00102. The molecule has 2 aliphatic heterocycles. The quantitative estimate of drug-likeness (QED) is 0.801. The van der Waals surface area contributed by atoms with E-state index in [1.165, 1.54) is 0 Å². The van der Waals surface area contributed by atoms with Gasteiger partial charge >= 0.3 is 12.0 Å². The highest BCUT2D eigenvalue weighted by Crippen LogP contribution is 2.22. The predicted octanol–water partition coefficient (Wildman–Crippen LogP) is 0.790. The van der Waals surface area contributed by atoms with Crippen LogP contribution >= 0.6 is 0 Å². The normalized spacial score (nSPS) is 32.5. The largest absolute Gasteiger partial charge is 0.481 e. The number of hydrogen-bond acceptors (Lipinski definition) is 4. The molecular formula is C15H26N2O5. The SMILES string of the molecule is COC1COCCC1CNC(=O)N1CC(C)CC(C(=O)O)C1. The Morgan fingerprint density at radius 2 is 2.18 bits per heavy atom. The third-order valence-corrected chi connectivity index (χ3v) is 4.56. The molecule has 0 aromatic carbocycles. The van der Waals surface area contributed by atoms with Crippen LogP contribution in [0.3, 0.4) is 0 Å². The van der Waals surface area contributed by atoms with Crippen molar-refractivity contribution in [2.75, 3.05) is 40.0 Å². The summed E-state index contributed by atoms with van der Waals surface area (Å²) in [4.78, 5) is 25.1. The lowest BCUT2D eigenvalue weighted by molar-refractivity contribution is -0.143. The van der Waals surface area contributed by atoms with Crippen LogP contribution < -0.4 is 5.32 Å². The van der Waals surface area contributed by atoms with E-state index >= 15 is 0 Å². The number of carboxylic acid groups (broad SMARTS) is 1. The van der Waals surface area contributed by atoms with Crippen LogP contribution in [0, 0.1) is 17.8 Å². The lowest BCUT2D eigenvalue weighted by atomic mass is 9.91. The molecule has 7 heteroatoms. The second kappa shape index (κ2) is 7.78. The molecule has 0 aliphatic carbocycles. The number of carboxylic acids is 1. The molecule has 0 spiro atoms. The van der Waals surface area contributed by atoms with Crippen molar-refractivity contribution in [1.29, 1.82) is 0 Å². The van der Waals surface area contributed by atoms with E-state index in [1.807, 2.05) is 6.92 Å². The highest BCUT2D eigenvalue weighted by molar-refractivity contribution is 5.76. The number of methoxy groups -OCH3 is 1. The third kappa shape index (κ3) is 4.33. The Labute approximate surface area is 130 Å². The molecule has 0 radical (unpaired) electrons. The van der Waals surface area contributed by atoms with Gasteiger partial charge in [0.2, 0.25) is 0 Å². The Kier molecular flexibility index (Phi) is 6.02. The first-order valence-electron chi connectivity index (χ1n) is 7.87. The van der Waals surface area contributed by atoms with Crippen molar-refractivity contribution < 1.29 is 24.2 Å². The van der Waals surface area contributed by atoms with Crippen LogP contribution in [-0.2, 0) is 14.3 Å². The van der Waals surface area contributed by atoms with Crippen LogP contribution in [0.25, 0.3) is 0 Å². The van der Waals surface area contributed by atoms with Gasteiger partial charge in [0.25, 0.3) is 0 Å². The standard InChI is InChI=1S/C15H26N2O5/c1-10-5-12(14(18)19)8-17(7-10)15(20)16-6-11-3-4-22-9-13(11)21-2/h10-13H,3-9H2,1-2H3,(H,16,20)(H,18,19). The summed E-state index contributed by atoms with van der Waals surface area (Å²) >= 11 is 0. The van der Waals surface area contributed by atoms with Crippen molar-refractivity contribution in [2.45, 2.75) is 25.9 Å². The predicted molar refractivity (Wildman–Crippen MR) is 79.6 cm³/mol. The number of ether oxygens (including phenoxy) is 2. The van der Waals surface area contributed by atoms with Crippen LogP contribution in [0.1, 0.15) is 19.8 Å². The van der Waals surface area contributed by atoms with Gasteiger partial charge in [0.1, 0.15) is 0 Å². The minimum atomic E-state index is -0.826. The zero-order valence-electron chi connectivity index (χ0n) is 13.3. The van der Waals surface area contributed by atoms with Crippen molar-refractivity contribution in [3.05, 3.63) is 0 Å². The van der Waals surface area contributed by atoms with E-state index in [0.717, 1.165) is 6.42 Å². The van der Waals surface area contributed by atoms with Gasteiger partial charge in [-0.25, -0.2) is 4.79 Å². The molecule has 2 amide bonds. The summed E-state index contributed by atoms with van der Waals surface area (Å²) in [6.45, 7) is 4.64. The molecule has 2 saturated heterocycles. The molecule has 4 atom stereocenters. The number of urea groups is 1. The summed E-state index contributed by atoms with van der Waals surface area (Å²) in [6, 6.07) is -0.181. The van der Waals surface area contributed by atoms with Gasteiger partial charge in [-0.05, 0) is 18.8 Å². The maximum atomic E-state index is 12.3. The van der Waals surface area contributed by atoms with E-state index in [2.05, 4.69) is 5.32 Å². The number of hydrogen-bond donors (Lipinski definition) is 2. The summed E-state index contributed by atoms with van der Waals surface area (Å²) in [5, 5.41) is 12.1. The smallest absolute Gasteiger partial charge is 0.317 e. The first kappa shape index (κ1) is 17.0. The zero-order chi connectivity index (χ0) is 16.1. The fourth-order valence-corrected chi connectivity index (χ4v) is 3.28. The van der Waals surface area contributed by atoms with Crippen LogP contribution in [0.2, 0.25) is 0 Å². The molecule has 2 rings (SSSR count). The van der Waals surface area contributed by atoms with E-state index in [-0.39, 0.29) is 30.5 Å². The van der Waals surface area contributed by atoms with Gasteiger partial charge in [0, 0.05) is 39.3 Å². The van der Waals surface area contributed by atoms with Crippen molar-refractivity contribution in [2.24, 2.45) is 17.8 Å². The molecule has 2 N–H and O–H groups in total. The number of nitrogens with one attached hydrogen (secondary N) is 1. The maximum Gasteiger partial charge on any atom is 0.317 e. The molecule has 126 valence electrons. The summed E-state index contributed by atoms with van der Waals surface area (Å²) in [6.07, 6.45) is 1.48. The van der Waals surface area contributed by atoms with Crippen molar-refractivity contribution >= 4 is 12.0 Å². The van der Waals surface area contributed by atoms with Gasteiger partial charge < -0.3 is 24.8 Å². The highest BCUT2D eigenvalue weighted by Gasteiger charge is 2.32. The molecule has 22 heavy (non-hydrogen) atoms. The second-order valence-electron chi connectivity index (χ2n) is 6.36. The average molecular weight is 314 g/mol. The van der Waals surface area contributed by atoms with Crippen molar-refractivity contribution in [3.8, 4) is 0 Å². The van der Waals surface area contributed by atoms with Gasteiger partial charge in [-0.2, -0.15) is 0 Å². The van der Waals surface area contributed by atoms with E-state index in [1.54, 1.807) is 12.0 Å². The second-order valence-corrected chi connectivity index (χ2v) is 6.36. The van der Waals surface area contributed by atoms with Crippen LogP contribution in [0.5, 0.6) is 0 Å². The Bertz CT molecular complexity index is 403. The van der Waals surface area contributed by atoms with Gasteiger partial charge in [-0.3, -0.25) is 4.79 Å². The molecule has 2 heterocycles. The number of piperidine rings is 1. The molecule has 4 unspecified atom stereocenters. The molecule has 7 nitrogen and oxygen atoms in total. The topological polar surface area (TPSA) is 88.1 Å². The van der Waals surface area contributed by atoms with Crippen LogP contribution in [-0.4, -0.2) is 68.1 Å². The fraction of sp³-hybridized carbons (Fsp3) is 0.867. The number of likely N-dealkylation sites (tertiary alicyclic amines) is 1. The lowest BCUT2D eigenvalue weighted by Crippen LogP contribution is -2.51. The number of nitrogens with zero attached hydrogens (tertiary/aromatic N) is 1. The molecular weight excluding hydrogens is 288 g/mol. The third-order valence-electron chi connectivity index (χ3n) is 4.56. The maximum absolute atomic E-state index is 12.3. The molecule has 0 saturated carbocycles. The van der Waals surface area contributed by atoms with E-state index in [4.69, 9.17) is 14.6 Å². The Morgan fingerprint density at radius 1 is 1.41 bits per heavy atom. The Morgan fingerprint density at radius 3 is 2.86 bits per heavy atom. The number of carbonyl (C=O) groups is 2. The minimum Gasteiger partial charge on any atom is -0.481 e. The monoisotopic (exact) mass is 314 g/mol. The lowest BCUT2D eigenvalue weighted by Gasteiger charge is -2.36. The van der Waals surface area contributed by atoms with Gasteiger partial charge in [0.15, 0.2) is 0 Å². The molecule has 0 bridgehead atoms. The van der Waals surface area contributed by atoms with E-state index < -0.39 is 11.9 Å². The number of aliphatic carboxylic acids is 1. The summed E-state index contributed by atoms with van der Waals surface area (Å²) in [5.41, 5.74) is 0. The van der Waals surface area contributed by atoms with Crippen molar-refractivity contribution in [1.82, 2.24) is 10.2 Å². The summed E-state index contributed by atoms with van der Waals surface area (Å²) in [5.74, 6) is -0.854. The average Bonchev–Trinajstić information content (AvgIpc) is 2.52.